The zero-order valence-corrected chi connectivity index (χ0v) is 31.9. The molecule has 280 valence electrons. The number of aromatic nitrogens is 5. The van der Waals surface area contributed by atoms with Crippen LogP contribution >= 0.6 is 0 Å². The zero-order valence-electron chi connectivity index (χ0n) is 31.9. The van der Waals surface area contributed by atoms with Gasteiger partial charge in [0.25, 0.3) is 0 Å². The van der Waals surface area contributed by atoms with E-state index in [-0.39, 0.29) is 23.6 Å². The molecule has 1 saturated heterocycles. The van der Waals surface area contributed by atoms with Gasteiger partial charge in [-0.15, -0.1) is 10.2 Å². The van der Waals surface area contributed by atoms with Crippen LogP contribution in [-0.4, -0.2) is 75.2 Å². The van der Waals surface area contributed by atoms with Crippen LogP contribution in [-0.2, 0) is 16.7 Å². The fourth-order valence-corrected chi connectivity index (χ4v) is 7.48. The van der Waals surface area contributed by atoms with E-state index >= 15 is 0 Å². The Kier molecular flexibility index (Phi) is 10.7. The maximum Gasteiger partial charge on any atom is 0.320 e. The number of carbonyl (C=O) groups is 1. The molecule has 0 saturated carbocycles. The third-order valence-corrected chi connectivity index (χ3v) is 10.4. The highest BCUT2D eigenvalue weighted by Gasteiger charge is 2.31. The van der Waals surface area contributed by atoms with Crippen molar-refractivity contribution >= 4 is 23.4 Å². The largest absolute Gasteiger partial charge is 0.484 e. The summed E-state index contributed by atoms with van der Waals surface area (Å²) in [7, 11) is 3.80. The average Bonchev–Trinajstić information content (AvgIpc) is 3.77. The number of ether oxygens (including phenoxy) is 2. The van der Waals surface area contributed by atoms with Crippen molar-refractivity contribution < 1.29 is 14.3 Å². The van der Waals surface area contributed by atoms with Crippen LogP contribution in [0.4, 0.5) is 16.6 Å². The minimum absolute atomic E-state index is 0.157. The van der Waals surface area contributed by atoms with E-state index in [0.717, 1.165) is 90.7 Å². The summed E-state index contributed by atoms with van der Waals surface area (Å²) in [5.74, 6) is 2.25. The fourth-order valence-electron chi connectivity index (χ4n) is 7.48. The number of urea groups is 1. The lowest BCUT2D eigenvalue weighted by atomic mass is 9.85. The van der Waals surface area contributed by atoms with Gasteiger partial charge in [0.2, 0.25) is 5.95 Å². The number of fused-ring (bicyclic) bond motifs is 2. The van der Waals surface area contributed by atoms with Crippen LogP contribution in [0, 0.1) is 0 Å². The second-order valence-corrected chi connectivity index (χ2v) is 15.6. The molecule has 2 aromatic carbocycles. The third kappa shape index (κ3) is 8.18. The van der Waals surface area contributed by atoms with E-state index in [2.05, 4.69) is 89.6 Å². The van der Waals surface area contributed by atoms with E-state index in [1.165, 1.54) is 6.42 Å². The number of pyridine rings is 1. The number of hydrogen-bond donors (Lipinski definition) is 2. The molecule has 5 aromatic rings. The number of rotatable bonds is 11. The SMILES string of the molecule is COCCN(C)Cc1cccc(-n2nc(C(C)(C)C)cc2NC(=O)N[C@H]2CC[C@@H](Oc3ccc4nnc(N5CCCCC5C)n4c3)c3ccccc32)c1. The molecule has 0 spiro atoms. The summed E-state index contributed by atoms with van der Waals surface area (Å²) >= 11 is 0. The number of anilines is 2. The molecule has 12 heteroatoms. The highest BCUT2D eigenvalue weighted by atomic mass is 16.5. The van der Waals surface area contributed by atoms with Crippen LogP contribution in [0.25, 0.3) is 11.3 Å². The van der Waals surface area contributed by atoms with Gasteiger partial charge in [0.15, 0.2) is 5.65 Å². The molecule has 3 aromatic heterocycles. The quantitative estimate of drug-likeness (QED) is 0.145. The summed E-state index contributed by atoms with van der Waals surface area (Å²) in [6.45, 7) is 11.9. The number of carbonyl (C=O) groups excluding carboxylic acids is 1. The second kappa shape index (κ2) is 15.6. The van der Waals surface area contributed by atoms with Gasteiger partial charge in [-0.05, 0) is 87.0 Å². The van der Waals surface area contributed by atoms with Gasteiger partial charge in [-0.1, -0.05) is 57.2 Å². The van der Waals surface area contributed by atoms with E-state index < -0.39 is 0 Å². The lowest BCUT2D eigenvalue weighted by Crippen LogP contribution is -2.38. The van der Waals surface area contributed by atoms with Crippen LogP contribution in [0.5, 0.6) is 5.75 Å². The Morgan fingerprint density at radius 3 is 2.60 bits per heavy atom. The van der Waals surface area contributed by atoms with Gasteiger partial charge >= 0.3 is 6.03 Å². The molecule has 53 heavy (non-hydrogen) atoms. The lowest BCUT2D eigenvalue weighted by molar-refractivity contribution is 0.158. The highest BCUT2D eigenvalue weighted by Crippen LogP contribution is 2.39. The van der Waals surface area contributed by atoms with E-state index in [0.29, 0.717) is 18.5 Å². The van der Waals surface area contributed by atoms with Crippen molar-refractivity contribution in [1.82, 2.24) is 34.6 Å². The van der Waals surface area contributed by atoms with Crippen LogP contribution in [0.15, 0.2) is 72.9 Å². The predicted octanol–water partition coefficient (Wildman–Crippen LogP) is 7.45. The van der Waals surface area contributed by atoms with E-state index in [1.54, 1.807) is 7.11 Å². The number of amides is 2. The summed E-state index contributed by atoms with van der Waals surface area (Å²) in [4.78, 5) is 18.3. The Hall–Kier alpha value is -4.94. The van der Waals surface area contributed by atoms with E-state index in [9.17, 15) is 4.79 Å². The molecule has 2 aliphatic rings. The van der Waals surface area contributed by atoms with Crippen molar-refractivity contribution in [2.75, 3.05) is 44.1 Å². The van der Waals surface area contributed by atoms with Crippen molar-refractivity contribution in [2.45, 2.75) is 89.9 Å². The lowest BCUT2D eigenvalue weighted by Gasteiger charge is -2.33. The van der Waals surface area contributed by atoms with Gasteiger partial charge in [0.05, 0.1) is 30.2 Å². The first-order valence-corrected chi connectivity index (χ1v) is 18.9. The van der Waals surface area contributed by atoms with Crippen molar-refractivity contribution in [1.29, 1.82) is 0 Å². The maximum atomic E-state index is 13.8. The first-order valence-electron chi connectivity index (χ1n) is 18.9. The topological polar surface area (TPSA) is 114 Å². The van der Waals surface area contributed by atoms with E-state index in [4.69, 9.17) is 14.6 Å². The van der Waals surface area contributed by atoms with Gasteiger partial charge < -0.3 is 19.7 Å². The molecule has 1 aliphatic carbocycles. The molecule has 3 atom stereocenters. The molecular formula is C41H53N9O3. The Morgan fingerprint density at radius 2 is 1.81 bits per heavy atom. The number of nitrogens with zero attached hydrogens (tertiary/aromatic N) is 7. The van der Waals surface area contributed by atoms with Crippen molar-refractivity contribution in [3.8, 4) is 11.4 Å². The van der Waals surface area contributed by atoms with Crippen LogP contribution < -0.4 is 20.3 Å². The minimum Gasteiger partial charge on any atom is -0.484 e. The van der Waals surface area contributed by atoms with E-state index in [1.807, 2.05) is 57.7 Å². The Labute approximate surface area is 312 Å². The minimum atomic E-state index is -0.279. The fraction of sp³-hybridized carbons (Fsp3) is 0.463. The van der Waals surface area contributed by atoms with Gasteiger partial charge in [-0.3, -0.25) is 14.6 Å². The molecule has 2 N–H and O–H groups in total. The molecule has 1 aliphatic heterocycles. The van der Waals surface area contributed by atoms with Crippen molar-refractivity contribution in [2.24, 2.45) is 0 Å². The first-order chi connectivity index (χ1) is 25.6. The molecule has 0 radical (unpaired) electrons. The standard InChI is InChI=1S/C41H53N9O3/c1-28-12-9-10-21-48(28)40-45-44-37-20-17-31(27-49(37)40)53-35-19-18-34(32-15-7-8-16-33(32)35)42-39(51)43-38-25-36(41(2,3)4)46-50(38)30-14-11-13-29(24-30)26-47(5)22-23-52-6/h7-8,11,13-17,20,24-25,27-28,34-35H,9-10,12,18-19,21-23,26H2,1-6H3,(H2,42,43,51)/t28?,34-,35+/m0/s1. The Bertz CT molecular complexity index is 2030. The number of hydrogen-bond acceptors (Lipinski definition) is 8. The second-order valence-electron chi connectivity index (χ2n) is 15.6. The number of benzene rings is 2. The van der Waals surface area contributed by atoms with Crippen LogP contribution in [0.2, 0.25) is 0 Å². The maximum absolute atomic E-state index is 13.8. The average molecular weight is 720 g/mol. The molecule has 7 rings (SSSR count). The van der Waals surface area contributed by atoms with Gasteiger partial charge in [0, 0.05) is 44.3 Å². The smallest absolute Gasteiger partial charge is 0.320 e. The van der Waals surface area contributed by atoms with Gasteiger partial charge in [-0.25, -0.2) is 9.48 Å². The third-order valence-electron chi connectivity index (χ3n) is 10.4. The monoisotopic (exact) mass is 719 g/mol. The van der Waals surface area contributed by atoms with Crippen molar-refractivity contribution in [3.63, 3.8) is 0 Å². The number of piperidine rings is 1. The summed E-state index contributed by atoms with van der Waals surface area (Å²) < 4.78 is 15.8. The van der Waals surface area contributed by atoms with Crippen molar-refractivity contribution in [3.05, 3.63) is 95.3 Å². The Morgan fingerprint density at radius 1 is 0.981 bits per heavy atom. The molecule has 0 bridgehead atoms. The van der Waals surface area contributed by atoms with Gasteiger partial charge in [-0.2, -0.15) is 5.10 Å². The van der Waals surface area contributed by atoms with Crippen LogP contribution in [0.3, 0.4) is 0 Å². The summed E-state index contributed by atoms with van der Waals surface area (Å²) in [6.07, 6.45) is 6.88. The number of methoxy groups -OCH3 is 1. The normalized spacial score (nSPS) is 19.0. The number of nitrogens with one attached hydrogen (secondary N) is 2. The Balaban J connectivity index is 1.07. The molecule has 1 fully saturated rings. The number of likely N-dealkylation sites (N-methyl/N-ethyl adjacent to an activating group) is 1. The van der Waals surface area contributed by atoms with Gasteiger partial charge in [0.1, 0.15) is 17.7 Å². The first kappa shape index (κ1) is 36.4. The molecule has 12 nitrogen and oxygen atoms in total. The summed E-state index contributed by atoms with van der Waals surface area (Å²) in [5, 5.41) is 20.4. The molecular weight excluding hydrogens is 667 g/mol. The summed E-state index contributed by atoms with van der Waals surface area (Å²) in [5.41, 5.74) is 5.66. The summed E-state index contributed by atoms with van der Waals surface area (Å²) in [6, 6.07) is 22.4. The predicted molar refractivity (Wildman–Crippen MR) is 208 cm³/mol. The van der Waals surface area contributed by atoms with Crippen LogP contribution in [0.1, 0.15) is 94.3 Å². The zero-order chi connectivity index (χ0) is 37.1. The molecule has 4 heterocycles. The highest BCUT2D eigenvalue weighted by molar-refractivity contribution is 5.89. The molecule has 1 unspecified atom stereocenters. The molecule has 2 amide bonds.